The first-order valence-electron chi connectivity index (χ1n) is 12.2. The van der Waals surface area contributed by atoms with Crippen LogP contribution in [0.25, 0.3) is 0 Å². The SMILES string of the molecule is Cc1nocc1NC(=O)[C@@H]1O[C@@](C)(C(F)(F)F)[C@@H](C)[C@H]1c1ccc(F)c(F)c1OC[C@@H](C)N1CCOCC1. The molecule has 1 amide bonds. The zero-order valence-corrected chi connectivity index (χ0v) is 21.4. The van der Waals surface area contributed by atoms with Gasteiger partial charge in [-0.1, -0.05) is 18.1 Å². The summed E-state index contributed by atoms with van der Waals surface area (Å²) in [6, 6.07) is 1.73. The van der Waals surface area contributed by atoms with Gasteiger partial charge < -0.3 is 24.1 Å². The Morgan fingerprint density at radius 1 is 1.29 bits per heavy atom. The number of carbonyl (C=O) groups excluding carboxylic acids is 1. The second-order valence-electron chi connectivity index (χ2n) is 9.85. The highest BCUT2D eigenvalue weighted by Gasteiger charge is 2.66. The molecule has 1 N–H and O–H groups in total. The van der Waals surface area contributed by atoms with Gasteiger partial charge in [0.2, 0.25) is 5.82 Å². The second kappa shape index (κ2) is 10.8. The highest BCUT2D eigenvalue weighted by Crippen LogP contribution is 2.55. The van der Waals surface area contributed by atoms with Gasteiger partial charge in [0.25, 0.3) is 5.91 Å². The lowest BCUT2D eigenvalue weighted by Gasteiger charge is -2.33. The van der Waals surface area contributed by atoms with E-state index < -0.39 is 53.0 Å². The fourth-order valence-corrected chi connectivity index (χ4v) is 4.92. The quantitative estimate of drug-likeness (QED) is 0.513. The summed E-state index contributed by atoms with van der Waals surface area (Å²) in [5.74, 6) is -6.74. The van der Waals surface area contributed by atoms with Crippen LogP contribution in [0.4, 0.5) is 27.6 Å². The molecule has 0 bridgehead atoms. The fourth-order valence-electron chi connectivity index (χ4n) is 4.92. The summed E-state index contributed by atoms with van der Waals surface area (Å²) in [6.45, 7) is 7.66. The highest BCUT2D eigenvalue weighted by atomic mass is 19.4. The van der Waals surface area contributed by atoms with Crippen molar-refractivity contribution in [1.29, 1.82) is 0 Å². The molecule has 5 atom stereocenters. The average Bonchev–Trinajstić information content (AvgIpc) is 3.40. The first kappa shape index (κ1) is 28.2. The number of nitrogens with one attached hydrogen (secondary N) is 1. The molecule has 210 valence electrons. The molecular weight excluding hydrogens is 517 g/mol. The van der Waals surface area contributed by atoms with Gasteiger partial charge in [0.15, 0.2) is 17.2 Å². The number of morpholine rings is 1. The molecule has 38 heavy (non-hydrogen) atoms. The third-order valence-electron chi connectivity index (χ3n) is 7.51. The number of hydrogen-bond donors (Lipinski definition) is 1. The zero-order valence-electron chi connectivity index (χ0n) is 21.4. The Labute approximate surface area is 216 Å². The number of aromatic nitrogens is 1. The molecule has 2 saturated heterocycles. The maximum Gasteiger partial charge on any atom is 0.417 e. The van der Waals surface area contributed by atoms with Crippen LogP contribution in [0.1, 0.15) is 37.9 Å². The van der Waals surface area contributed by atoms with Crippen LogP contribution in [-0.4, -0.2) is 72.8 Å². The number of halogens is 5. The van der Waals surface area contributed by atoms with Crippen molar-refractivity contribution in [2.45, 2.75) is 57.5 Å². The molecule has 2 aliphatic heterocycles. The van der Waals surface area contributed by atoms with Crippen molar-refractivity contribution >= 4 is 11.6 Å². The van der Waals surface area contributed by atoms with Crippen LogP contribution in [0, 0.1) is 24.5 Å². The maximum absolute atomic E-state index is 15.1. The number of alkyl halides is 3. The third-order valence-corrected chi connectivity index (χ3v) is 7.51. The van der Waals surface area contributed by atoms with Crippen molar-refractivity contribution in [3.63, 3.8) is 0 Å². The molecule has 4 rings (SSSR count). The van der Waals surface area contributed by atoms with Crippen molar-refractivity contribution in [2.75, 3.05) is 38.2 Å². The first-order valence-corrected chi connectivity index (χ1v) is 12.2. The molecule has 2 fully saturated rings. The molecule has 0 spiro atoms. The van der Waals surface area contributed by atoms with Crippen LogP contribution < -0.4 is 10.1 Å². The van der Waals surface area contributed by atoms with Crippen LogP contribution in [0.15, 0.2) is 22.9 Å². The summed E-state index contributed by atoms with van der Waals surface area (Å²) >= 11 is 0. The van der Waals surface area contributed by atoms with Crippen LogP contribution >= 0.6 is 0 Å². The van der Waals surface area contributed by atoms with Gasteiger partial charge in [0, 0.05) is 36.5 Å². The van der Waals surface area contributed by atoms with Gasteiger partial charge in [-0.3, -0.25) is 9.69 Å². The number of benzene rings is 1. The summed E-state index contributed by atoms with van der Waals surface area (Å²) in [6.07, 6.45) is -5.45. The molecular formula is C25H30F5N3O5. The molecule has 0 radical (unpaired) electrons. The van der Waals surface area contributed by atoms with Crippen molar-refractivity contribution < 1.29 is 45.5 Å². The third kappa shape index (κ3) is 5.23. The number of amides is 1. The van der Waals surface area contributed by atoms with E-state index in [1.54, 1.807) is 0 Å². The largest absolute Gasteiger partial charge is 0.488 e. The van der Waals surface area contributed by atoms with Gasteiger partial charge in [-0.25, -0.2) is 4.39 Å². The van der Waals surface area contributed by atoms with Crippen molar-refractivity contribution in [2.24, 2.45) is 5.92 Å². The minimum Gasteiger partial charge on any atom is -0.488 e. The monoisotopic (exact) mass is 547 g/mol. The van der Waals surface area contributed by atoms with Gasteiger partial charge in [-0.2, -0.15) is 17.6 Å². The van der Waals surface area contributed by atoms with E-state index in [-0.39, 0.29) is 23.9 Å². The molecule has 1 aromatic heterocycles. The van der Waals surface area contributed by atoms with Gasteiger partial charge in [-0.15, -0.1) is 0 Å². The van der Waals surface area contributed by atoms with E-state index >= 15 is 4.39 Å². The summed E-state index contributed by atoms with van der Waals surface area (Å²) in [4.78, 5) is 15.3. The smallest absolute Gasteiger partial charge is 0.417 e. The average molecular weight is 548 g/mol. The number of nitrogens with zero attached hydrogens (tertiary/aromatic N) is 2. The van der Waals surface area contributed by atoms with Crippen LogP contribution in [0.3, 0.4) is 0 Å². The summed E-state index contributed by atoms with van der Waals surface area (Å²) in [7, 11) is 0. The number of carbonyl (C=O) groups is 1. The number of aryl methyl sites for hydroxylation is 1. The van der Waals surface area contributed by atoms with E-state index in [4.69, 9.17) is 18.7 Å². The molecule has 13 heteroatoms. The summed E-state index contributed by atoms with van der Waals surface area (Å²) in [5, 5.41) is 6.10. The van der Waals surface area contributed by atoms with E-state index in [0.717, 1.165) is 25.3 Å². The lowest BCUT2D eigenvalue weighted by Crippen LogP contribution is -2.47. The minimum absolute atomic E-state index is 0.0668. The fraction of sp³-hybridized carbons (Fsp3) is 0.600. The van der Waals surface area contributed by atoms with Gasteiger partial charge in [0.05, 0.1) is 13.2 Å². The van der Waals surface area contributed by atoms with Gasteiger partial charge in [0.1, 0.15) is 30.4 Å². The molecule has 2 aliphatic rings. The Morgan fingerprint density at radius 2 is 1.97 bits per heavy atom. The van der Waals surface area contributed by atoms with Gasteiger partial charge >= 0.3 is 6.18 Å². The Balaban J connectivity index is 1.70. The molecule has 1 aromatic carbocycles. The van der Waals surface area contributed by atoms with Crippen molar-refractivity contribution in [3.8, 4) is 5.75 Å². The van der Waals surface area contributed by atoms with Crippen LogP contribution in [0.5, 0.6) is 5.75 Å². The topological polar surface area (TPSA) is 86.1 Å². The van der Waals surface area contributed by atoms with E-state index in [9.17, 15) is 22.4 Å². The number of anilines is 1. The van der Waals surface area contributed by atoms with Gasteiger partial charge in [-0.05, 0) is 26.8 Å². The number of rotatable bonds is 7. The standard InChI is InChI=1S/C25H30F5N3O5/c1-13(33-7-9-35-10-8-33)11-36-21-16(5-6-17(26)20(21)27)19-14(2)24(4,25(28,29)30)38-22(19)23(34)31-18-12-37-32-15(18)3/h5-6,12-14,19,22H,7-11H2,1-4H3,(H,31,34)/t13-,14+,19+,22-,24-/m1/s1. The predicted octanol–water partition coefficient (Wildman–Crippen LogP) is 4.44. The number of ether oxygens (including phenoxy) is 3. The summed E-state index contributed by atoms with van der Waals surface area (Å²) in [5.41, 5.74) is -2.41. The molecule has 8 nitrogen and oxygen atoms in total. The van der Waals surface area contributed by atoms with E-state index in [0.29, 0.717) is 32.0 Å². The molecule has 0 unspecified atom stereocenters. The summed E-state index contributed by atoms with van der Waals surface area (Å²) < 4.78 is 93.3. The lowest BCUT2D eigenvalue weighted by atomic mass is 9.77. The normalized spacial score (nSPS) is 27.3. The van der Waals surface area contributed by atoms with Crippen molar-refractivity contribution in [3.05, 3.63) is 41.3 Å². The van der Waals surface area contributed by atoms with Crippen LogP contribution in [0.2, 0.25) is 0 Å². The van der Waals surface area contributed by atoms with Crippen LogP contribution in [-0.2, 0) is 14.3 Å². The Bertz CT molecular complexity index is 1150. The van der Waals surface area contributed by atoms with E-state index in [2.05, 4.69) is 10.5 Å². The second-order valence-corrected chi connectivity index (χ2v) is 9.85. The Morgan fingerprint density at radius 3 is 2.58 bits per heavy atom. The number of hydrogen-bond acceptors (Lipinski definition) is 7. The van der Waals surface area contributed by atoms with Crippen molar-refractivity contribution in [1.82, 2.24) is 10.1 Å². The van der Waals surface area contributed by atoms with E-state index in [1.165, 1.54) is 13.8 Å². The lowest BCUT2D eigenvalue weighted by molar-refractivity contribution is -0.272. The first-order chi connectivity index (χ1) is 17.8. The Kier molecular flexibility index (Phi) is 8.01. The molecule has 2 aromatic rings. The molecule has 0 aliphatic carbocycles. The zero-order chi connectivity index (χ0) is 27.8. The minimum atomic E-state index is -4.86. The maximum atomic E-state index is 15.1. The Hall–Kier alpha value is -2.77. The predicted molar refractivity (Wildman–Crippen MR) is 125 cm³/mol. The molecule has 3 heterocycles. The highest BCUT2D eigenvalue weighted by molar-refractivity contribution is 5.95. The van der Waals surface area contributed by atoms with E-state index in [1.807, 2.05) is 11.8 Å². The molecule has 0 saturated carbocycles.